The molecule has 7 heteroatoms. The fourth-order valence-corrected chi connectivity index (χ4v) is 4.00. The van der Waals surface area contributed by atoms with E-state index in [2.05, 4.69) is 15.5 Å². The molecular formula is C17H31ClN4O2. The molecule has 3 aliphatic rings. The van der Waals surface area contributed by atoms with Crippen molar-refractivity contribution in [3.63, 3.8) is 0 Å². The van der Waals surface area contributed by atoms with Gasteiger partial charge in [-0.2, -0.15) is 0 Å². The highest BCUT2D eigenvalue weighted by molar-refractivity contribution is 5.85. The second kappa shape index (κ2) is 9.59. The zero-order valence-corrected chi connectivity index (χ0v) is 15.3. The van der Waals surface area contributed by atoms with E-state index in [9.17, 15) is 9.59 Å². The Bertz CT molecular complexity index is 429. The highest BCUT2D eigenvalue weighted by Gasteiger charge is 2.25. The molecule has 0 aliphatic carbocycles. The summed E-state index contributed by atoms with van der Waals surface area (Å²) >= 11 is 0. The monoisotopic (exact) mass is 358 g/mol. The van der Waals surface area contributed by atoms with Crippen molar-refractivity contribution in [3.8, 4) is 0 Å². The summed E-state index contributed by atoms with van der Waals surface area (Å²) in [5.74, 6) is 1.03. The Morgan fingerprint density at radius 1 is 1.17 bits per heavy atom. The average Bonchev–Trinajstić information content (AvgIpc) is 3.23. The molecule has 2 amide bonds. The minimum atomic E-state index is 0. The molecule has 3 saturated heterocycles. The molecular weight excluding hydrogens is 328 g/mol. The van der Waals surface area contributed by atoms with Crippen LogP contribution in [0.3, 0.4) is 0 Å². The molecule has 0 aromatic carbocycles. The molecule has 6 nitrogen and oxygen atoms in total. The van der Waals surface area contributed by atoms with E-state index in [0.29, 0.717) is 11.8 Å². The molecule has 0 aromatic rings. The first-order valence-corrected chi connectivity index (χ1v) is 9.23. The van der Waals surface area contributed by atoms with Crippen molar-refractivity contribution < 1.29 is 9.59 Å². The third-order valence-electron chi connectivity index (χ3n) is 5.40. The van der Waals surface area contributed by atoms with E-state index in [-0.39, 0.29) is 24.4 Å². The highest BCUT2D eigenvalue weighted by Crippen LogP contribution is 2.17. The normalized spacial score (nSPS) is 28.0. The Hall–Kier alpha value is -0.850. The molecule has 0 bridgehead atoms. The van der Waals surface area contributed by atoms with Crippen LogP contribution in [-0.4, -0.2) is 73.5 Å². The van der Waals surface area contributed by atoms with Gasteiger partial charge < -0.3 is 20.4 Å². The summed E-state index contributed by atoms with van der Waals surface area (Å²) in [5, 5.41) is 6.38. The van der Waals surface area contributed by atoms with Crippen molar-refractivity contribution in [3.05, 3.63) is 0 Å². The van der Waals surface area contributed by atoms with Crippen molar-refractivity contribution in [1.29, 1.82) is 0 Å². The first-order valence-electron chi connectivity index (χ1n) is 9.23. The zero-order valence-electron chi connectivity index (χ0n) is 14.5. The first kappa shape index (κ1) is 19.5. The Morgan fingerprint density at radius 3 is 2.75 bits per heavy atom. The molecule has 0 radical (unpaired) electrons. The van der Waals surface area contributed by atoms with Gasteiger partial charge in [-0.3, -0.25) is 9.59 Å². The maximum atomic E-state index is 12.1. The molecule has 2 N–H and O–H groups in total. The van der Waals surface area contributed by atoms with Crippen LogP contribution in [0.2, 0.25) is 0 Å². The van der Waals surface area contributed by atoms with E-state index >= 15 is 0 Å². The topological polar surface area (TPSA) is 64.7 Å². The van der Waals surface area contributed by atoms with Crippen molar-refractivity contribution in [2.45, 2.75) is 44.6 Å². The van der Waals surface area contributed by atoms with Crippen LogP contribution in [0.1, 0.15) is 38.5 Å². The number of nitrogens with one attached hydrogen (secondary N) is 2. The smallest absolute Gasteiger partial charge is 0.237 e. The third-order valence-corrected chi connectivity index (χ3v) is 5.40. The van der Waals surface area contributed by atoms with Crippen LogP contribution in [0.5, 0.6) is 0 Å². The number of amides is 2. The molecule has 3 aliphatic heterocycles. The van der Waals surface area contributed by atoms with Crippen molar-refractivity contribution >= 4 is 24.2 Å². The maximum Gasteiger partial charge on any atom is 0.237 e. The number of hydrogen-bond acceptors (Lipinski definition) is 4. The molecule has 3 fully saturated rings. The quantitative estimate of drug-likeness (QED) is 0.730. The van der Waals surface area contributed by atoms with E-state index in [1.54, 1.807) is 0 Å². The summed E-state index contributed by atoms with van der Waals surface area (Å²) in [7, 11) is 0. The molecule has 138 valence electrons. The Kier molecular flexibility index (Phi) is 7.78. The van der Waals surface area contributed by atoms with Gasteiger partial charge in [0.05, 0.1) is 6.04 Å². The van der Waals surface area contributed by atoms with Crippen LogP contribution in [0.25, 0.3) is 0 Å². The molecule has 3 rings (SSSR count). The molecule has 2 atom stereocenters. The summed E-state index contributed by atoms with van der Waals surface area (Å²) in [4.78, 5) is 28.2. The fourth-order valence-electron chi connectivity index (χ4n) is 4.00. The SMILES string of the molecule is Cl.O=C(NCC1CCCN(CCN2CCCC2=O)C1)C1CCCN1. The lowest BCUT2D eigenvalue weighted by molar-refractivity contribution is -0.128. The number of nitrogens with zero attached hydrogens (tertiary/aromatic N) is 2. The van der Waals surface area contributed by atoms with Gasteiger partial charge >= 0.3 is 0 Å². The van der Waals surface area contributed by atoms with Crippen LogP contribution in [0.15, 0.2) is 0 Å². The zero-order chi connectivity index (χ0) is 16.1. The van der Waals surface area contributed by atoms with Gasteiger partial charge in [-0.25, -0.2) is 0 Å². The van der Waals surface area contributed by atoms with Gasteiger partial charge in [0.25, 0.3) is 0 Å². The summed E-state index contributed by atoms with van der Waals surface area (Å²) in [6.45, 7) is 6.68. The van der Waals surface area contributed by atoms with E-state index in [4.69, 9.17) is 0 Å². The predicted molar refractivity (Wildman–Crippen MR) is 96.3 cm³/mol. The van der Waals surface area contributed by atoms with E-state index < -0.39 is 0 Å². The lowest BCUT2D eigenvalue weighted by atomic mass is 9.98. The second-order valence-corrected chi connectivity index (χ2v) is 7.19. The molecule has 3 heterocycles. The fraction of sp³-hybridized carbons (Fsp3) is 0.882. The maximum absolute atomic E-state index is 12.1. The molecule has 2 unspecified atom stereocenters. The largest absolute Gasteiger partial charge is 0.354 e. The van der Waals surface area contributed by atoms with Gasteiger partial charge in [-0.15, -0.1) is 12.4 Å². The number of rotatable bonds is 6. The van der Waals surface area contributed by atoms with E-state index in [1.165, 1.54) is 12.8 Å². The Balaban J connectivity index is 0.00000208. The molecule has 24 heavy (non-hydrogen) atoms. The van der Waals surface area contributed by atoms with Gasteiger partial charge in [0.15, 0.2) is 0 Å². The van der Waals surface area contributed by atoms with Crippen LogP contribution in [0.4, 0.5) is 0 Å². The van der Waals surface area contributed by atoms with E-state index in [0.717, 1.165) is 71.5 Å². The van der Waals surface area contributed by atoms with Crippen molar-refractivity contribution in [1.82, 2.24) is 20.4 Å². The lowest BCUT2D eigenvalue weighted by Gasteiger charge is -2.34. The molecule has 0 spiro atoms. The van der Waals surface area contributed by atoms with Crippen molar-refractivity contribution in [2.75, 3.05) is 45.8 Å². The standard InChI is InChI=1S/C17H30N4O2.ClH/c22-16-6-3-9-21(16)11-10-20-8-2-4-14(13-20)12-19-17(23)15-5-1-7-18-15;/h14-15,18H,1-13H2,(H,19,23);1H. The minimum Gasteiger partial charge on any atom is -0.354 e. The first-order chi connectivity index (χ1) is 11.2. The van der Waals surface area contributed by atoms with Gasteiger partial charge in [0.2, 0.25) is 11.8 Å². The molecule has 0 saturated carbocycles. The molecule has 0 aromatic heterocycles. The average molecular weight is 359 g/mol. The van der Waals surface area contributed by atoms with Crippen LogP contribution in [-0.2, 0) is 9.59 Å². The van der Waals surface area contributed by atoms with Crippen molar-refractivity contribution in [2.24, 2.45) is 5.92 Å². The van der Waals surface area contributed by atoms with Gasteiger partial charge in [0.1, 0.15) is 0 Å². The second-order valence-electron chi connectivity index (χ2n) is 7.19. The van der Waals surface area contributed by atoms with E-state index in [1.807, 2.05) is 4.90 Å². The summed E-state index contributed by atoms with van der Waals surface area (Å²) in [5.41, 5.74) is 0. The highest BCUT2D eigenvalue weighted by atomic mass is 35.5. The summed E-state index contributed by atoms with van der Waals surface area (Å²) in [6, 6.07) is 0.0240. The number of likely N-dealkylation sites (tertiary alicyclic amines) is 2. The minimum absolute atomic E-state index is 0. The Morgan fingerprint density at radius 2 is 2.04 bits per heavy atom. The number of hydrogen-bond donors (Lipinski definition) is 2. The van der Waals surface area contributed by atoms with Gasteiger partial charge in [-0.05, 0) is 51.1 Å². The van der Waals surface area contributed by atoms with Crippen LogP contribution in [0, 0.1) is 5.92 Å². The van der Waals surface area contributed by atoms with Gasteiger partial charge in [-0.1, -0.05) is 0 Å². The number of carbonyl (C=O) groups excluding carboxylic acids is 2. The van der Waals surface area contributed by atoms with Crippen LogP contribution >= 0.6 is 12.4 Å². The third kappa shape index (κ3) is 5.33. The van der Waals surface area contributed by atoms with Gasteiger partial charge in [0, 0.05) is 39.1 Å². The lowest BCUT2D eigenvalue weighted by Crippen LogP contribution is -2.46. The predicted octanol–water partition coefficient (Wildman–Crippen LogP) is 0.611. The number of halogens is 1. The number of carbonyl (C=O) groups is 2. The summed E-state index contributed by atoms with van der Waals surface area (Å²) in [6.07, 6.45) is 6.19. The van der Waals surface area contributed by atoms with Crippen LogP contribution < -0.4 is 10.6 Å². The summed E-state index contributed by atoms with van der Waals surface area (Å²) < 4.78 is 0. The number of piperidine rings is 1. The Labute approximate surface area is 151 Å².